The normalized spacial score (nSPS) is 23.6. The van der Waals surface area contributed by atoms with Gasteiger partial charge >= 0.3 is 0 Å². The topological polar surface area (TPSA) is 58.0 Å². The predicted molar refractivity (Wildman–Crippen MR) is 77.2 cm³/mol. The highest BCUT2D eigenvalue weighted by atomic mass is 16.3. The highest BCUT2D eigenvalue weighted by Crippen LogP contribution is 2.30. The van der Waals surface area contributed by atoms with Gasteiger partial charge in [-0.1, -0.05) is 27.2 Å². The number of anilines is 1. The number of nitrogens with one attached hydrogen (secondary N) is 1. The smallest absolute Gasteiger partial charge is 0.135 e. The van der Waals surface area contributed by atoms with Crippen LogP contribution in [-0.2, 0) is 5.41 Å². The second kappa shape index (κ2) is 5.87. The summed E-state index contributed by atoms with van der Waals surface area (Å²) in [6.45, 7) is 6.64. The van der Waals surface area contributed by atoms with Crippen molar-refractivity contribution >= 4 is 5.82 Å². The fraction of sp³-hybridized carbons (Fsp3) is 0.733. The summed E-state index contributed by atoms with van der Waals surface area (Å²) in [5, 5.41) is 12.6. The summed E-state index contributed by atoms with van der Waals surface area (Å²) in [6.07, 6.45) is 6.31. The van der Waals surface area contributed by atoms with E-state index < -0.39 is 0 Å². The molecule has 106 valence electrons. The zero-order valence-electron chi connectivity index (χ0n) is 12.2. The Morgan fingerprint density at radius 1 is 1.37 bits per heavy atom. The van der Waals surface area contributed by atoms with Gasteiger partial charge in [-0.15, -0.1) is 0 Å². The highest BCUT2D eigenvalue weighted by molar-refractivity contribution is 5.35. The lowest BCUT2D eigenvalue weighted by atomic mass is 9.96. The number of rotatable bonds is 4. The summed E-state index contributed by atoms with van der Waals surface area (Å²) in [7, 11) is 0. The minimum Gasteiger partial charge on any atom is -0.396 e. The van der Waals surface area contributed by atoms with Crippen LogP contribution >= 0.6 is 0 Å². The van der Waals surface area contributed by atoms with Crippen molar-refractivity contribution in [3.05, 3.63) is 18.1 Å². The molecule has 0 amide bonds. The number of aromatic nitrogens is 2. The Hall–Kier alpha value is -1.16. The molecule has 2 atom stereocenters. The van der Waals surface area contributed by atoms with E-state index in [1.165, 1.54) is 19.3 Å². The van der Waals surface area contributed by atoms with Crippen LogP contribution in [0.25, 0.3) is 0 Å². The van der Waals surface area contributed by atoms with Crippen LogP contribution in [0.1, 0.15) is 52.3 Å². The lowest BCUT2D eigenvalue weighted by molar-refractivity contribution is 0.254. The van der Waals surface area contributed by atoms with Crippen molar-refractivity contribution in [1.82, 2.24) is 9.97 Å². The standard InChI is InChI=1S/C15H25N3O/c1-15(2,3)14-16-9-7-13(18-14)17-12-6-4-5-11(12)8-10-19/h7,9,11-12,19H,4-6,8,10H2,1-3H3,(H,16,17,18). The van der Waals surface area contributed by atoms with E-state index in [1.54, 1.807) is 0 Å². The van der Waals surface area contributed by atoms with Gasteiger partial charge in [-0.25, -0.2) is 9.97 Å². The van der Waals surface area contributed by atoms with Crippen molar-refractivity contribution in [3.63, 3.8) is 0 Å². The minimum absolute atomic E-state index is 0.0299. The summed E-state index contributed by atoms with van der Waals surface area (Å²) in [5.74, 6) is 2.35. The van der Waals surface area contributed by atoms with E-state index in [0.717, 1.165) is 18.1 Å². The molecule has 4 nitrogen and oxygen atoms in total. The third-order valence-corrected chi connectivity index (χ3v) is 3.82. The molecule has 0 spiro atoms. The number of nitrogens with zero attached hydrogens (tertiary/aromatic N) is 2. The zero-order chi connectivity index (χ0) is 13.9. The maximum atomic E-state index is 9.11. The van der Waals surface area contributed by atoms with Crippen LogP contribution in [0.3, 0.4) is 0 Å². The Kier molecular flexibility index (Phi) is 4.40. The fourth-order valence-corrected chi connectivity index (χ4v) is 2.73. The molecule has 2 rings (SSSR count). The molecule has 0 bridgehead atoms. The van der Waals surface area contributed by atoms with E-state index in [9.17, 15) is 0 Å². The predicted octanol–water partition coefficient (Wildman–Crippen LogP) is 2.74. The molecular formula is C15H25N3O. The summed E-state index contributed by atoms with van der Waals surface area (Å²) in [5.41, 5.74) is -0.0299. The van der Waals surface area contributed by atoms with E-state index in [0.29, 0.717) is 12.0 Å². The van der Waals surface area contributed by atoms with Crippen molar-refractivity contribution in [2.75, 3.05) is 11.9 Å². The molecular weight excluding hydrogens is 238 g/mol. The molecule has 0 radical (unpaired) electrons. The Bertz CT molecular complexity index is 414. The van der Waals surface area contributed by atoms with Gasteiger partial charge in [0.25, 0.3) is 0 Å². The second-order valence-electron chi connectivity index (χ2n) is 6.47. The van der Waals surface area contributed by atoms with Crippen LogP contribution < -0.4 is 5.32 Å². The fourth-order valence-electron chi connectivity index (χ4n) is 2.73. The van der Waals surface area contributed by atoms with Crippen molar-refractivity contribution in [2.24, 2.45) is 5.92 Å². The lowest BCUT2D eigenvalue weighted by Crippen LogP contribution is -2.26. The van der Waals surface area contributed by atoms with Crippen LogP contribution in [0.4, 0.5) is 5.82 Å². The molecule has 1 fully saturated rings. The summed E-state index contributed by atoms with van der Waals surface area (Å²) in [4.78, 5) is 8.97. The van der Waals surface area contributed by atoms with Crippen LogP contribution in [-0.4, -0.2) is 27.7 Å². The van der Waals surface area contributed by atoms with Gasteiger partial charge in [-0.05, 0) is 31.2 Å². The van der Waals surface area contributed by atoms with E-state index in [2.05, 4.69) is 36.1 Å². The van der Waals surface area contributed by atoms with Gasteiger partial charge in [0.1, 0.15) is 11.6 Å². The molecule has 19 heavy (non-hydrogen) atoms. The summed E-state index contributed by atoms with van der Waals surface area (Å²) < 4.78 is 0. The molecule has 1 saturated carbocycles. The van der Waals surface area contributed by atoms with Gasteiger partial charge in [0.05, 0.1) is 0 Å². The largest absolute Gasteiger partial charge is 0.396 e. The van der Waals surface area contributed by atoms with Gasteiger partial charge in [-0.2, -0.15) is 0 Å². The van der Waals surface area contributed by atoms with Gasteiger partial charge in [-0.3, -0.25) is 0 Å². The van der Waals surface area contributed by atoms with Crippen LogP contribution in [0.5, 0.6) is 0 Å². The number of hydrogen-bond donors (Lipinski definition) is 2. The third kappa shape index (κ3) is 3.66. The van der Waals surface area contributed by atoms with Crippen LogP contribution in [0.2, 0.25) is 0 Å². The first kappa shape index (κ1) is 14.3. The van der Waals surface area contributed by atoms with Gasteiger partial charge < -0.3 is 10.4 Å². The molecule has 1 aromatic rings. The molecule has 2 unspecified atom stereocenters. The van der Waals surface area contributed by atoms with Crippen molar-refractivity contribution in [2.45, 2.75) is 57.9 Å². The quantitative estimate of drug-likeness (QED) is 0.877. The molecule has 0 aliphatic heterocycles. The number of aliphatic hydroxyl groups excluding tert-OH is 1. The zero-order valence-corrected chi connectivity index (χ0v) is 12.2. The summed E-state index contributed by atoms with van der Waals surface area (Å²) >= 11 is 0. The lowest BCUT2D eigenvalue weighted by Gasteiger charge is -2.22. The first-order chi connectivity index (χ1) is 9.00. The van der Waals surface area contributed by atoms with Gasteiger partial charge in [0, 0.05) is 24.3 Å². The third-order valence-electron chi connectivity index (χ3n) is 3.82. The number of hydrogen-bond acceptors (Lipinski definition) is 4. The Labute approximate surface area is 115 Å². The van der Waals surface area contributed by atoms with Gasteiger partial charge in [0.15, 0.2) is 0 Å². The first-order valence-electron chi connectivity index (χ1n) is 7.21. The van der Waals surface area contributed by atoms with Crippen molar-refractivity contribution < 1.29 is 5.11 Å². The summed E-state index contributed by atoms with van der Waals surface area (Å²) in [6, 6.07) is 2.37. The highest BCUT2D eigenvalue weighted by Gasteiger charge is 2.27. The first-order valence-corrected chi connectivity index (χ1v) is 7.21. The molecule has 1 aliphatic rings. The molecule has 0 aromatic carbocycles. The molecule has 1 aliphatic carbocycles. The molecule has 4 heteroatoms. The van der Waals surface area contributed by atoms with E-state index in [-0.39, 0.29) is 12.0 Å². The van der Waals surface area contributed by atoms with Crippen LogP contribution in [0.15, 0.2) is 12.3 Å². The molecule has 0 saturated heterocycles. The minimum atomic E-state index is -0.0299. The van der Waals surface area contributed by atoms with Crippen molar-refractivity contribution in [1.29, 1.82) is 0 Å². The molecule has 1 aromatic heterocycles. The Balaban J connectivity index is 2.06. The maximum absolute atomic E-state index is 9.11. The Morgan fingerprint density at radius 2 is 2.16 bits per heavy atom. The second-order valence-corrected chi connectivity index (χ2v) is 6.47. The number of aliphatic hydroxyl groups is 1. The monoisotopic (exact) mass is 263 g/mol. The molecule has 1 heterocycles. The van der Waals surface area contributed by atoms with E-state index >= 15 is 0 Å². The average molecular weight is 263 g/mol. The Morgan fingerprint density at radius 3 is 2.84 bits per heavy atom. The molecule has 2 N–H and O–H groups in total. The van der Waals surface area contributed by atoms with E-state index in [1.807, 2.05) is 12.3 Å². The van der Waals surface area contributed by atoms with E-state index in [4.69, 9.17) is 5.11 Å². The van der Waals surface area contributed by atoms with Crippen molar-refractivity contribution in [3.8, 4) is 0 Å². The average Bonchev–Trinajstić information content (AvgIpc) is 2.77. The maximum Gasteiger partial charge on any atom is 0.135 e. The SMILES string of the molecule is CC(C)(C)c1nccc(NC2CCCC2CCO)n1. The van der Waals surface area contributed by atoms with Gasteiger partial charge in [0.2, 0.25) is 0 Å². The van der Waals surface area contributed by atoms with Crippen LogP contribution in [0, 0.1) is 5.92 Å².